The first-order valence-corrected chi connectivity index (χ1v) is 10.2. The Hall–Kier alpha value is -2.57. The van der Waals surface area contributed by atoms with Gasteiger partial charge in [0.1, 0.15) is 0 Å². The van der Waals surface area contributed by atoms with E-state index in [1.54, 1.807) is 19.2 Å². The Labute approximate surface area is 166 Å². The van der Waals surface area contributed by atoms with Crippen LogP contribution in [0.25, 0.3) is 0 Å². The summed E-state index contributed by atoms with van der Waals surface area (Å²) in [4.78, 5) is 30.3. The van der Waals surface area contributed by atoms with Gasteiger partial charge < -0.3 is 21.3 Å². The molecule has 1 unspecified atom stereocenters. The lowest BCUT2D eigenvalue weighted by Crippen LogP contribution is -2.45. The predicted molar refractivity (Wildman–Crippen MR) is 110 cm³/mol. The zero-order valence-electron chi connectivity index (χ0n) is 16.6. The van der Waals surface area contributed by atoms with Gasteiger partial charge in [-0.15, -0.1) is 0 Å². The minimum atomic E-state index is -0.432. The van der Waals surface area contributed by atoms with Gasteiger partial charge in [-0.1, -0.05) is 31.4 Å². The summed E-state index contributed by atoms with van der Waals surface area (Å²) in [6.07, 6.45) is 6.63. The molecule has 0 radical (unpaired) electrons. The molecule has 3 rings (SSSR count). The molecule has 1 saturated heterocycles. The number of hydrogen-bond donors (Lipinski definition) is 3. The third kappa shape index (κ3) is 5.24. The van der Waals surface area contributed by atoms with Crippen molar-refractivity contribution in [3.63, 3.8) is 0 Å². The molecule has 1 aliphatic heterocycles. The maximum Gasteiger partial charge on any atom is 0.248 e. The van der Waals surface area contributed by atoms with E-state index in [0.717, 1.165) is 37.9 Å². The second-order valence-corrected chi connectivity index (χ2v) is 7.74. The highest BCUT2D eigenvalue weighted by molar-refractivity contribution is 5.92. The normalized spacial score (nSPS) is 20.8. The molecule has 0 bridgehead atoms. The van der Waals surface area contributed by atoms with Gasteiger partial charge in [0, 0.05) is 44.2 Å². The monoisotopic (exact) mass is 385 g/mol. The van der Waals surface area contributed by atoms with Crippen molar-refractivity contribution in [2.24, 2.45) is 16.6 Å². The second-order valence-electron chi connectivity index (χ2n) is 7.74. The van der Waals surface area contributed by atoms with Crippen LogP contribution < -0.4 is 16.4 Å². The van der Waals surface area contributed by atoms with Crippen LogP contribution in [0.1, 0.15) is 54.4 Å². The molecule has 152 valence electrons. The first-order valence-electron chi connectivity index (χ1n) is 10.2. The van der Waals surface area contributed by atoms with Gasteiger partial charge >= 0.3 is 0 Å². The third-order valence-corrected chi connectivity index (χ3v) is 5.69. The van der Waals surface area contributed by atoms with Crippen molar-refractivity contribution < 1.29 is 9.59 Å². The standard InChI is InChI=1S/C21H31N5O2/c1-23-21(24-13-15-6-5-9-17(12-15)19(22)27)25-18-10-11-26(14-18)20(28)16-7-3-2-4-8-16/h5-6,9,12,16,18H,2-4,7-8,10-11,13-14H2,1H3,(H2,22,27)(H2,23,24,25). The molecular weight excluding hydrogens is 354 g/mol. The molecule has 1 aromatic rings. The lowest BCUT2D eigenvalue weighted by atomic mass is 9.88. The molecule has 7 heteroatoms. The van der Waals surface area contributed by atoms with Gasteiger partial charge in [-0.3, -0.25) is 14.6 Å². The van der Waals surface area contributed by atoms with Crippen molar-refractivity contribution in [3.8, 4) is 0 Å². The van der Waals surface area contributed by atoms with Gasteiger partial charge in [0.2, 0.25) is 11.8 Å². The number of carbonyl (C=O) groups is 2. The number of nitrogens with zero attached hydrogens (tertiary/aromatic N) is 2. The maximum atomic E-state index is 12.7. The highest BCUT2D eigenvalue weighted by atomic mass is 16.2. The fourth-order valence-corrected chi connectivity index (χ4v) is 4.09. The number of benzene rings is 1. The number of amides is 2. The van der Waals surface area contributed by atoms with E-state index >= 15 is 0 Å². The molecule has 7 nitrogen and oxygen atoms in total. The number of nitrogens with one attached hydrogen (secondary N) is 2. The number of aliphatic imine (C=N–C) groups is 1. The lowest BCUT2D eigenvalue weighted by Gasteiger charge is -2.26. The summed E-state index contributed by atoms with van der Waals surface area (Å²) >= 11 is 0. The molecule has 2 aliphatic rings. The lowest BCUT2D eigenvalue weighted by molar-refractivity contribution is -0.135. The number of carbonyl (C=O) groups excluding carboxylic acids is 2. The molecule has 1 saturated carbocycles. The summed E-state index contributed by atoms with van der Waals surface area (Å²) in [5, 5.41) is 6.68. The Balaban J connectivity index is 1.48. The number of hydrogen-bond acceptors (Lipinski definition) is 3. The van der Waals surface area contributed by atoms with E-state index in [4.69, 9.17) is 5.73 Å². The Bertz CT molecular complexity index is 727. The van der Waals surface area contributed by atoms with E-state index in [9.17, 15) is 9.59 Å². The summed E-state index contributed by atoms with van der Waals surface area (Å²) in [7, 11) is 1.73. The zero-order chi connectivity index (χ0) is 19.9. The number of rotatable bonds is 5. The van der Waals surface area contributed by atoms with Gasteiger partial charge in [0.25, 0.3) is 0 Å². The SMILES string of the molecule is CN=C(NCc1cccc(C(N)=O)c1)NC1CCN(C(=O)C2CCCCC2)C1. The molecule has 2 fully saturated rings. The molecule has 28 heavy (non-hydrogen) atoms. The van der Waals surface area contributed by atoms with Crippen LogP contribution in [0.2, 0.25) is 0 Å². The Morgan fingerprint density at radius 1 is 1.21 bits per heavy atom. The van der Waals surface area contributed by atoms with E-state index in [-0.39, 0.29) is 12.0 Å². The molecule has 1 aliphatic carbocycles. The van der Waals surface area contributed by atoms with Gasteiger partial charge in [-0.25, -0.2) is 0 Å². The van der Waals surface area contributed by atoms with E-state index in [1.165, 1.54) is 19.3 Å². The highest BCUT2D eigenvalue weighted by Gasteiger charge is 2.31. The number of nitrogens with two attached hydrogens (primary N) is 1. The molecule has 1 aromatic carbocycles. The van der Waals surface area contributed by atoms with E-state index < -0.39 is 5.91 Å². The smallest absolute Gasteiger partial charge is 0.248 e. The largest absolute Gasteiger partial charge is 0.366 e. The van der Waals surface area contributed by atoms with Gasteiger partial charge in [-0.05, 0) is 37.0 Å². The van der Waals surface area contributed by atoms with Crippen molar-refractivity contribution in [2.45, 2.75) is 51.1 Å². The van der Waals surface area contributed by atoms with Crippen molar-refractivity contribution in [1.29, 1.82) is 0 Å². The summed E-state index contributed by atoms with van der Waals surface area (Å²) in [5.74, 6) is 0.817. The van der Waals surface area contributed by atoms with Gasteiger partial charge in [0.15, 0.2) is 5.96 Å². The number of likely N-dealkylation sites (tertiary alicyclic amines) is 1. The predicted octanol–water partition coefficient (Wildman–Crippen LogP) is 1.63. The fraction of sp³-hybridized carbons (Fsp3) is 0.571. The van der Waals surface area contributed by atoms with Crippen LogP contribution in [-0.4, -0.2) is 48.9 Å². The minimum absolute atomic E-state index is 0.204. The molecule has 0 spiro atoms. The van der Waals surface area contributed by atoms with Gasteiger partial charge in [0.05, 0.1) is 0 Å². The second kappa shape index (κ2) is 9.57. The van der Waals surface area contributed by atoms with Crippen molar-refractivity contribution >= 4 is 17.8 Å². The molecule has 0 aromatic heterocycles. The summed E-state index contributed by atoms with van der Waals surface area (Å²) < 4.78 is 0. The Morgan fingerprint density at radius 3 is 2.71 bits per heavy atom. The molecule has 4 N–H and O–H groups in total. The van der Waals surface area contributed by atoms with Crippen molar-refractivity contribution in [3.05, 3.63) is 35.4 Å². The average molecular weight is 386 g/mol. The van der Waals surface area contributed by atoms with E-state index in [1.807, 2.05) is 17.0 Å². The van der Waals surface area contributed by atoms with Crippen LogP contribution >= 0.6 is 0 Å². The van der Waals surface area contributed by atoms with Crippen molar-refractivity contribution in [1.82, 2.24) is 15.5 Å². The average Bonchev–Trinajstić information content (AvgIpc) is 3.20. The molecule has 1 atom stereocenters. The third-order valence-electron chi connectivity index (χ3n) is 5.69. The molecule has 1 heterocycles. The van der Waals surface area contributed by atoms with Crippen LogP contribution in [0.5, 0.6) is 0 Å². The topological polar surface area (TPSA) is 99.8 Å². The van der Waals surface area contributed by atoms with E-state index in [2.05, 4.69) is 15.6 Å². The Kier molecular flexibility index (Phi) is 6.90. The quantitative estimate of drug-likeness (QED) is 0.530. The fourth-order valence-electron chi connectivity index (χ4n) is 4.09. The zero-order valence-corrected chi connectivity index (χ0v) is 16.6. The first-order chi connectivity index (χ1) is 13.6. The van der Waals surface area contributed by atoms with Crippen LogP contribution in [0, 0.1) is 5.92 Å². The minimum Gasteiger partial charge on any atom is -0.366 e. The maximum absolute atomic E-state index is 12.7. The van der Waals surface area contributed by atoms with Crippen LogP contribution in [-0.2, 0) is 11.3 Å². The number of guanidine groups is 1. The Morgan fingerprint density at radius 2 is 2.00 bits per heavy atom. The van der Waals surface area contributed by atoms with Crippen molar-refractivity contribution in [2.75, 3.05) is 20.1 Å². The number of primary amides is 1. The van der Waals surface area contributed by atoms with Gasteiger partial charge in [-0.2, -0.15) is 0 Å². The molecule has 2 amide bonds. The first kappa shape index (κ1) is 20.2. The summed E-state index contributed by atoms with van der Waals surface area (Å²) in [5.41, 5.74) is 6.79. The highest BCUT2D eigenvalue weighted by Crippen LogP contribution is 2.26. The van der Waals surface area contributed by atoms with Crippen LogP contribution in [0.4, 0.5) is 0 Å². The molecular formula is C21H31N5O2. The van der Waals surface area contributed by atoms with E-state index in [0.29, 0.717) is 24.0 Å². The summed E-state index contributed by atoms with van der Waals surface area (Å²) in [6, 6.07) is 7.44. The van der Waals surface area contributed by atoms with Crippen LogP contribution in [0.15, 0.2) is 29.3 Å². The summed E-state index contributed by atoms with van der Waals surface area (Å²) in [6.45, 7) is 2.08. The van der Waals surface area contributed by atoms with Crippen LogP contribution in [0.3, 0.4) is 0 Å².